The Morgan fingerprint density at radius 3 is 2.00 bits per heavy atom. The molecular weight excluding hydrogens is 450 g/mol. The average Bonchev–Trinajstić information content (AvgIpc) is 2.72. The van der Waals surface area contributed by atoms with E-state index in [9.17, 15) is 31.1 Å². The van der Waals surface area contributed by atoms with Crippen molar-refractivity contribution >= 4 is 11.6 Å². The van der Waals surface area contributed by atoms with Gasteiger partial charge in [0.25, 0.3) is 5.91 Å². The molecule has 0 aliphatic carbocycles. The van der Waals surface area contributed by atoms with E-state index in [-0.39, 0.29) is 6.07 Å². The summed E-state index contributed by atoms with van der Waals surface area (Å²) in [6.45, 7) is 4.44. The number of hydrazine groups is 1. The second-order valence-electron chi connectivity index (χ2n) is 8.06. The van der Waals surface area contributed by atoms with Crippen LogP contribution in [0.3, 0.4) is 0 Å². The van der Waals surface area contributed by atoms with Gasteiger partial charge in [-0.15, -0.1) is 0 Å². The highest BCUT2D eigenvalue weighted by atomic mass is 19.4. The fourth-order valence-electron chi connectivity index (χ4n) is 3.68. The van der Waals surface area contributed by atoms with E-state index in [1.165, 1.54) is 0 Å². The van der Waals surface area contributed by atoms with Gasteiger partial charge in [0.2, 0.25) is 0 Å². The summed E-state index contributed by atoms with van der Waals surface area (Å²) < 4.78 is 78.6. The average molecular weight is 474 g/mol. The van der Waals surface area contributed by atoms with Gasteiger partial charge in [-0.05, 0) is 37.7 Å². The highest BCUT2D eigenvalue weighted by molar-refractivity contribution is 5.84. The molecule has 1 fully saturated rings. The molecule has 2 aromatic rings. The molecular formula is C22H24F6N4O. The number of likely N-dealkylation sites (N-methyl/N-ethyl adjacent to an activating group) is 1. The molecule has 0 bridgehead atoms. The lowest BCUT2D eigenvalue weighted by atomic mass is 10.0. The van der Waals surface area contributed by atoms with Crippen molar-refractivity contribution in [2.24, 2.45) is 0 Å². The Bertz CT molecular complexity index is 951. The summed E-state index contributed by atoms with van der Waals surface area (Å²) in [5, 5.41) is 0. The summed E-state index contributed by atoms with van der Waals surface area (Å²) in [7, 11) is 1.95. The maximum atomic E-state index is 13.1. The molecule has 11 heteroatoms. The number of benzene rings is 2. The number of aryl methyl sites for hydroxylation is 1. The number of carbonyl (C=O) groups excluding carboxylic acids is 1. The molecule has 0 aromatic heterocycles. The van der Waals surface area contributed by atoms with E-state index < -0.39 is 41.1 Å². The first-order valence-corrected chi connectivity index (χ1v) is 10.2. The van der Waals surface area contributed by atoms with Gasteiger partial charge in [-0.25, -0.2) is 0 Å². The molecule has 180 valence electrons. The van der Waals surface area contributed by atoms with Crippen molar-refractivity contribution in [2.45, 2.75) is 25.3 Å². The highest BCUT2D eigenvalue weighted by Crippen LogP contribution is 2.37. The number of nitrogens with zero attached hydrogens (tertiary/aromatic N) is 2. The number of halogens is 6. The molecule has 5 nitrogen and oxygen atoms in total. The first kappa shape index (κ1) is 24.8. The molecule has 1 unspecified atom stereocenters. The van der Waals surface area contributed by atoms with Crippen LogP contribution < -0.4 is 10.9 Å². The Morgan fingerprint density at radius 1 is 0.909 bits per heavy atom. The summed E-state index contributed by atoms with van der Waals surface area (Å²) in [4.78, 5) is 17.1. The lowest BCUT2D eigenvalue weighted by Crippen LogP contribution is -2.50. The van der Waals surface area contributed by atoms with Crippen molar-refractivity contribution in [3.63, 3.8) is 0 Å². The number of hydrogen-bond donors (Lipinski definition) is 2. The third-order valence-electron chi connectivity index (χ3n) is 5.43. The number of rotatable bonds is 5. The first-order valence-electron chi connectivity index (χ1n) is 10.2. The predicted octanol–water partition coefficient (Wildman–Crippen LogP) is 4.46. The molecule has 1 saturated heterocycles. The van der Waals surface area contributed by atoms with Crippen LogP contribution in [0.15, 0.2) is 42.5 Å². The molecule has 2 N–H and O–H groups in total. The zero-order chi connectivity index (χ0) is 24.4. The molecule has 1 amide bonds. The Kier molecular flexibility index (Phi) is 7.23. The number of hydrogen-bond acceptors (Lipinski definition) is 4. The fourth-order valence-corrected chi connectivity index (χ4v) is 3.68. The molecule has 1 aliphatic heterocycles. The van der Waals surface area contributed by atoms with E-state index in [1.807, 2.05) is 31.0 Å². The normalized spacial score (nSPS) is 17.0. The zero-order valence-electron chi connectivity index (χ0n) is 18.0. The minimum Gasteiger partial charge on any atom is -0.304 e. The van der Waals surface area contributed by atoms with Crippen LogP contribution >= 0.6 is 0 Å². The van der Waals surface area contributed by atoms with Gasteiger partial charge in [0.1, 0.15) is 6.04 Å². The van der Waals surface area contributed by atoms with Crippen LogP contribution in [0.1, 0.15) is 28.3 Å². The molecule has 1 atom stereocenters. The van der Waals surface area contributed by atoms with E-state index in [0.29, 0.717) is 43.9 Å². The molecule has 0 radical (unpaired) electrons. The molecule has 0 spiro atoms. The Balaban J connectivity index is 1.85. The van der Waals surface area contributed by atoms with Crippen molar-refractivity contribution < 1.29 is 31.1 Å². The number of piperazine rings is 1. The van der Waals surface area contributed by atoms with Crippen molar-refractivity contribution in [3.8, 4) is 0 Å². The van der Waals surface area contributed by atoms with Crippen molar-refractivity contribution in [2.75, 3.05) is 38.7 Å². The zero-order valence-corrected chi connectivity index (χ0v) is 18.0. The van der Waals surface area contributed by atoms with Crippen molar-refractivity contribution in [1.82, 2.24) is 15.2 Å². The summed E-state index contributed by atoms with van der Waals surface area (Å²) >= 11 is 0. The van der Waals surface area contributed by atoms with Crippen LogP contribution in [0.5, 0.6) is 0 Å². The number of nitrogens with one attached hydrogen (secondary N) is 2. The Labute approximate surface area is 187 Å². The van der Waals surface area contributed by atoms with Crippen LogP contribution in [0.25, 0.3) is 0 Å². The third kappa shape index (κ3) is 6.38. The molecule has 3 rings (SSSR count). The first-order chi connectivity index (χ1) is 15.3. The minimum absolute atomic E-state index is 0.0345. The number of alkyl halides is 6. The smallest absolute Gasteiger partial charge is 0.304 e. The second kappa shape index (κ2) is 9.60. The van der Waals surface area contributed by atoms with E-state index in [1.54, 1.807) is 12.1 Å². The molecule has 1 heterocycles. The maximum absolute atomic E-state index is 13.1. The Hall–Kier alpha value is -2.79. The SMILES string of the molecule is Cc1cccc(C(C(=O)NNc2cc(C(F)(F)F)cc(C(F)(F)F)c2)N2CCN(C)CC2)c1. The monoisotopic (exact) mass is 474 g/mol. The van der Waals surface area contributed by atoms with Gasteiger partial charge in [-0.1, -0.05) is 29.8 Å². The van der Waals surface area contributed by atoms with Gasteiger partial charge < -0.3 is 4.90 Å². The van der Waals surface area contributed by atoms with Crippen LogP contribution in [0, 0.1) is 6.92 Å². The Morgan fingerprint density at radius 2 is 1.48 bits per heavy atom. The van der Waals surface area contributed by atoms with Crippen molar-refractivity contribution in [3.05, 3.63) is 64.7 Å². The van der Waals surface area contributed by atoms with Crippen LogP contribution in [0.4, 0.5) is 32.0 Å². The third-order valence-corrected chi connectivity index (χ3v) is 5.43. The second-order valence-corrected chi connectivity index (χ2v) is 8.06. The lowest BCUT2D eigenvalue weighted by molar-refractivity contribution is -0.143. The molecule has 1 aliphatic rings. The van der Waals surface area contributed by atoms with Crippen molar-refractivity contribution in [1.29, 1.82) is 0 Å². The van der Waals surface area contributed by atoms with Gasteiger partial charge in [-0.2, -0.15) is 26.3 Å². The summed E-state index contributed by atoms with van der Waals surface area (Å²) in [5.41, 5.74) is 2.69. The molecule has 33 heavy (non-hydrogen) atoms. The lowest BCUT2D eigenvalue weighted by Gasteiger charge is -2.37. The maximum Gasteiger partial charge on any atom is 0.416 e. The summed E-state index contributed by atoms with van der Waals surface area (Å²) in [6.07, 6.45) is -9.96. The topological polar surface area (TPSA) is 47.6 Å². The van der Waals surface area contributed by atoms with Gasteiger partial charge in [0, 0.05) is 26.2 Å². The summed E-state index contributed by atoms with van der Waals surface area (Å²) in [5.74, 6) is -0.587. The predicted molar refractivity (Wildman–Crippen MR) is 111 cm³/mol. The van der Waals surface area contributed by atoms with Gasteiger partial charge in [0.05, 0.1) is 16.8 Å². The van der Waals surface area contributed by atoms with Gasteiger partial charge >= 0.3 is 12.4 Å². The number of carbonyl (C=O) groups is 1. The minimum atomic E-state index is -4.98. The highest BCUT2D eigenvalue weighted by Gasteiger charge is 2.37. The fraction of sp³-hybridized carbons (Fsp3) is 0.409. The molecule has 2 aromatic carbocycles. The van der Waals surface area contributed by atoms with Crippen LogP contribution in [-0.2, 0) is 17.1 Å². The van der Waals surface area contributed by atoms with E-state index in [0.717, 1.165) is 5.56 Å². The van der Waals surface area contributed by atoms with Gasteiger partial charge in [0.15, 0.2) is 0 Å². The number of anilines is 1. The largest absolute Gasteiger partial charge is 0.416 e. The standard InChI is InChI=1S/C22H24F6N4O/c1-14-4-3-5-15(10-14)19(32-8-6-31(2)7-9-32)20(33)30-29-18-12-16(21(23,24)25)11-17(13-18)22(26,27)28/h3-5,10-13,19,29H,6-9H2,1-2H3,(H,30,33). The van der Waals surface area contributed by atoms with Gasteiger partial charge in [-0.3, -0.25) is 20.5 Å². The molecule has 0 saturated carbocycles. The summed E-state index contributed by atoms with van der Waals surface area (Å²) in [6, 6.07) is 7.56. The number of amides is 1. The van der Waals surface area contributed by atoms with Crippen LogP contribution in [0.2, 0.25) is 0 Å². The van der Waals surface area contributed by atoms with E-state index >= 15 is 0 Å². The van der Waals surface area contributed by atoms with Crippen LogP contribution in [-0.4, -0.2) is 48.9 Å². The quantitative estimate of drug-likeness (QED) is 0.496. The van der Waals surface area contributed by atoms with E-state index in [2.05, 4.69) is 15.8 Å². The van der Waals surface area contributed by atoms with E-state index in [4.69, 9.17) is 0 Å².